The highest BCUT2D eigenvalue weighted by Crippen LogP contribution is 2.40. The van der Waals surface area contributed by atoms with E-state index in [1.807, 2.05) is 0 Å². The van der Waals surface area contributed by atoms with Gasteiger partial charge in [-0.05, 0) is 61.6 Å². The van der Waals surface area contributed by atoms with E-state index in [1.54, 1.807) is 0 Å². The maximum absolute atomic E-state index is 4.47. The van der Waals surface area contributed by atoms with Crippen molar-refractivity contribution in [3.05, 3.63) is 29.1 Å². The minimum Gasteiger partial charge on any atom is -0.261 e. The number of hydrogen-bond donors (Lipinski definition) is 0. The number of aromatic nitrogens is 1. The van der Waals surface area contributed by atoms with Gasteiger partial charge in [-0.2, -0.15) is 0 Å². The quantitative estimate of drug-likeness (QED) is 0.685. The van der Waals surface area contributed by atoms with Gasteiger partial charge in [0.25, 0.3) is 0 Å². The van der Waals surface area contributed by atoms with Crippen molar-refractivity contribution in [2.75, 3.05) is 0 Å². The van der Waals surface area contributed by atoms with Crippen LogP contribution in [0.2, 0.25) is 0 Å². The molecule has 0 bridgehead atoms. The molecule has 1 aromatic rings. The molecular weight excluding hydrogens is 194 g/mol. The van der Waals surface area contributed by atoms with E-state index in [4.69, 9.17) is 0 Å². The number of nitrogens with zero attached hydrogens (tertiary/aromatic N) is 1. The fraction of sp³-hybridized carbons (Fsp3) is 0.667. The van der Waals surface area contributed by atoms with Crippen molar-refractivity contribution in [2.24, 2.45) is 11.8 Å². The topological polar surface area (TPSA) is 12.9 Å². The Hall–Kier alpha value is -0.850. The Morgan fingerprint density at radius 2 is 1.94 bits per heavy atom. The lowest BCUT2D eigenvalue weighted by Crippen LogP contribution is -2.20. The molecule has 0 aliphatic heterocycles. The molecule has 1 aliphatic rings. The van der Waals surface area contributed by atoms with E-state index >= 15 is 0 Å². The molecule has 1 heterocycles. The number of rotatable bonds is 1. The van der Waals surface area contributed by atoms with E-state index in [1.165, 1.54) is 30.4 Å². The molecule has 3 unspecified atom stereocenters. The predicted molar refractivity (Wildman–Crippen MR) is 68.6 cm³/mol. The van der Waals surface area contributed by atoms with Gasteiger partial charge in [-0.25, -0.2) is 0 Å². The molecule has 1 aromatic heterocycles. The van der Waals surface area contributed by atoms with E-state index in [0.29, 0.717) is 0 Å². The number of pyridine rings is 1. The lowest BCUT2D eigenvalue weighted by molar-refractivity contribution is 0.263. The number of aryl methyl sites for hydroxylation is 2. The Morgan fingerprint density at radius 1 is 1.19 bits per heavy atom. The van der Waals surface area contributed by atoms with Gasteiger partial charge in [0.15, 0.2) is 0 Å². The normalized spacial score (nSPS) is 30.4. The highest BCUT2D eigenvalue weighted by molar-refractivity contribution is 5.29. The van der Waals surface area contributed by atoms with Gasteiger partial charge in [0.1, 0.15) is 0 Å². The van der Waals surface area contributed by atoms with Crippen LogP contribution in [0.4, 0.5) is 0 Å². The molecule has 1 saturated carbocycles. The van der Waals surface area contributed by atoms with E-state index in [0.717, 1.165) is 23.4 Å². The van der Waals surface area contributed by atoms with Crippen molar-refractivity contribution >= 4 is 0 Å². The third-order valence-corrected chi connectivity index (χ3v) is 4.15. The molecule has 1 nitrogen and oxygen atoms in total. The zero-order valence-electron chi connectivity index (χ0n) is 11.0. The largest absolute Gasteiger partial charge is 0.261 e. The van der Waals surface area contributed by atoms with Crippen LogP contribution < -0.4 is 0 Å². The Bertz CT molecular complexity index is 370. The molecule has 0 amide bonds. The summed E-state index contributed by atoms with van der Waals surface area (Å²) in [5, 5.41) is 0. The van der Waals surface area contributed by atoms with Crippen LogP contribution in [0.25, 0.3) is 0 Å². The maximum Gasteiger partial charge on any atom is 0.0375 e. The first-order valence-corrected chi connectivity index (χ1v) is 6.51. The monoisotopic (exact) mass is 217 g/mol. The molecule has 0 radical (unpaired) electrons. The fourth-order valence-corrected chi connectivity index (χ4v) is 3.06. The molecule has 3 atom stereocenters. The Morgan fingerprint density at radius 3 is 2.62 bits per heavy atom. The lowest BCUT2D eigenvalue weighted by atomic mass is 9.72. The third-order valence-electron chi connectivity index (χ3n) is 4.15. The zero-order chi connectivity index (χ0) is 11.7. The molecule has 0 saturated heterocycles. The average Bonchev–Trinajstić information content (AvgIpc) is 2.22. The van der Waals surface area contributed by atoms with Crippen LogP contribution in [-0.4, -0.2) is 4.98 Å². The molecular formula is C15H23N. The van der Waals surface area contributed by atoms with E-state index in [-0.39, 0.29) is 0 Å². The Kier molecular flexibility index (Phi) is 3.32. The van der Waals surface area contributed by atoms with Gasteiger partial charge in [0.2, 0.25) is 0 Å². The van der Waals surface area contributed by atoms with E-state index in [2.05, 4.69) is 44.9 Å². The van der Waals surface area contributed by atoms with E-state index in [9.17, 15) is 0 Å². The van der Waals surface area contributed by atoms with Crippen molar-refractivity contribution in [1.29, 1.82) is 0 Å². The third kappa shape index (κ3) is 2.28. The van der Waals surface area contributed by atoms with Gasteiger partial charge in [0, 0.05) is 11.9 Å². The van der Waals surface area contributed by atoms with Crippen LogP contribution in [0.15, 0.2) is 12.3 Å². The predicted octanol–water partition coefficient (Wildman–Crippen LogP) is 4.24. The highest BCUT2D eigenvalue weighted by atomic mass is 14.7. The molecule has 88 valence electrons. The summed E-state index contributed by atoms with van der Waals surface area (Å²) in [5.74, 6) is 2.43. The van der Waals surface area contributed by atoms with Gasteiger partial charge in [-0.3, -0.25) is 4.98 Å². The minimum atomic E-state index is 0.733. The second kappa shape index (κ2) is 4.57. The zero-order valence-corrected chi connectivity index (χ0v) is 11.0. The molecule has 1 aliphatic carbocycles. The van der Waals surface area contributed by atoms with E-state index < -0.39 is 0 Å². The van der Waals surface area contributed by atoms with Gasteiger partial charge in [-0.15, -0.1) is 0 Å². The van der Waals surface area contributed by atoms with Crippen LogP contribution in [0, 0.1) is 25.7 Å². The Labute approximate surface area is 99.3 Å². The van der Waals surface area contributed by atoms with Crippen molar-refractivity contribution in [3.63, 3.8) is 0 Å². The summed E-state index contributed by atoms with van der Waals surface area (Å²) < 4.78 is 0. The van der Waals surface area contributed by atoms with Gasteiger partial charge in [0.05, 0.1) is 0 Å². The summed E-state index contributed by atoms with van der Waals surface area (Å²) in [4.78, 5) is 4.47. The summed E-state index contributed by atoms with van der Waals surface area (Å²) in [6, 6.07) is 2.22. The first-order chi connectivity index (χ1) is 7.58. The maximum atomic E-state index is 4.47. The summed E-state index contributed by atoms with van der Waals surface area (Å²) in [6.07, 6.45) is 6.23. The van der Waals surface area contributed by atoms with Crippen molar-refractivity contribution in [2.45, 2.75) is 52.9 Å². The summed E-state index contributed by atoms with van der Waals surface area (Å²) in [7, 11) is 0. The molecule has 1 fully saturated rings. The molecule has 1 heteroatoms. The van der Waals surface area contributed by atoms with Gasteiger partial charge in [-0.1, -0.05) is 20.3 Å². The fourth-order valence-electron chi connectivity index (χ4n) is 3.06. The standard InChI is InChI=1S/C15H23N/c1-10-5-6-11(2)14(7-10)15-9-16-13(4)8-12(15)3/h8-11,14H,5-7H2,1-4H3. The van der Waals surface area contributed by atoms with Crippen LogP contribution >= 0.6 is 0 Å². The Balaban J connectivity index is 2.28. The molecule has 0 aromatic carbocycles. The van der Waals surface area contributed by atoms with Crippen LogP contribution in [0.3, 0.4) is 0 Å². The van der Waals surface area contributed by atoms with Crippen molar-refractivity contribution in [1.82, 2.24) is 4.98 Å². The summed E-state index contributed by atoms with van der Waals surface area (Å²) in [6.45, 7) is 9.09. The first-order valence-electron chi connectivity index (χ1n) is 6.51. The lowest BCUT2D eigenvalue weighted by Gasteiger charge is -2.33. The summed E-state index contributed by atoms with van der Waals surface area (Å²) in [5.41, 5.74) is 4.06. The number of hydrogen-bond acceptors (Lipinski definition) is 1. The second-order valence-corrected chi connectivity index (χ2v) is 5.68. The molecule has 0 N–H and O–H groups in total. The molecule has 16 heavy (non-hydrogen) atoms. The van der Waals surface area contributed by atoms with Crippen LogP contribution in [0.5, 0.6) is 0 Å². The average molecular weight is 217 g/mol. The van der Waals surface area contributed by atoms with Crippen molar-refractivity contribution < 1.29 is 0 Å². The second-order valence-electron chi connectivity index (χ2n) is 5.68. The first kappa shape index (κ1) is 11.6. The van der Waals surface area contributed by atoms with Crippen LogP contribution in [0.1, 0.15) is 55.8 Å². The summed E-state index contributed by atoms with van der Waals surface area (Å²) >= 11 is 0. The van der Waals surface area contributed by atoms with Crippen molar-refractivity contribution in [3.8, 4) is 0 Å². The highest BCUT2D eigenvalue weighted by Gasteiger charge is 2.27. The molecule has 2 rings (SSSR count). The van der Waals surface area contributed by atoms with Crippen LogP contribution in [-0.2, 0) is 0 Å². The smallest absolute Gasteiger partial charge is 0.0375 e. The molecule has 0 spiro atoms. The SMILES string of the molecule is Cc1cc(C)c(C2CC(C)CCC2C)cn1. The minimum absolute atomic E-state index is 0.733. The van der Waals surface area contributed by atoms with Gasteiger partial charge < -0.3 is 0 Å². The van der Waals surface area contributed by atoms with Gasteiger partial charge >= 0.3 is 0 Å².